The molecule has 0 heterocycles. The molecule has 1 aromatic carbocycles. The first kappa shape index (κ1) is 27.8. The number of benzene rings is 1. The summed E-state index contributed by atoms with van der Waals surface area (Å²) < 4.78 is 5.39. The number of hydrogen-bond donors (Lipinski definition) is 3. The zero-order valence-corrected chi connectivity index (χ0v) is 22.1. The van der Waals surface area contributed by atoms with Crippen molar-refractivity contribution < 1.29 is 24.2 Å². The fourth-order valence-electron chi connectivity index (χ4n) is 3.56. The highest BCUT2D eigenvalue weighted by Crippen LogP contribution is 2.37. The highest BCUT2D eigenvalue weighted by Gasteiger charge is 2.44. The third-order valence-electron chi connectivity index (χ3n) is 5.01. The van der Waals surface area contributed by atoms with Gasteiger partial charge in [0, 0.05) is 11.6 Å². The number of alkyl carbamates (subject to hydrolysis) is 1. The van der Waals surface area contributed by atoms with Crippen molar-refractivity contribution in [1.82, 2.24) is 15.5 Å². The van der Waals surface area contributed by atoms with Gasteiger partial charge in [-0.2, -0.15) is 11.8 Å². The molecule has 2 rings (SSSR count). The maximum atomic E-state index is 13.9. The minimum atomic E-state index is -0.941. The second kappa shape index (κ2) is 11.3. The average molecular weight is 494 g/mol. The SMILES string of the molecule is CSCCC(NC(=O)OC(C)(C)C)C(=O)N(C1CC1)C(C(=O)NC(C)(C)C)c1cccc(O)c1. The number of hydrogen-bond acceptors (Lipinski definition) is 6. The molecule has 0 spiro atoms. The zero-order valence-electron chi connectivity index (χ0n) is 21.3. The number of phenolic OH excluding ortho intramolecular Hbond substituents is 1. The summed E-state index contributed by atoms with van der Waals surface area (Å²) in [5, 5.41) is 15.8. The van der Waals surface area contributed by atoms with Crippen LogP contribution in [0.1, 0.15) is 72.4 Å². The molecule has 8 nitrogen and oxygen atoms in total. The largest absolute Gasteiger partial charge is 0.508 e. The summed E-state index contributed by atoms with van der Waals surface area (Å²) in [6.45, 7) is 10.9. The lowest BCUT2D eigenvalue weighted by atomic mass is 10.00. The van der Waals surface area contributed by atoms with Crippen molar-refractivity contribution in [3.05, 3.63) is 29.8 Å². The number of aromatic hydroxyl groups is 1. The van der Waals surface area contributed by atoms with Crippen molar-refractivity contribution in [3.8, 4) is 5.75 Å². The lowest BCUT2D eigenvalue weighted by Crippen LogP contribution is -2.55. The van der Waals surface area contributed by atoms with Crippen molar-refractivity contribution in [2.24, 2.45) is 0 Å². The molecule has 34 heavy (non-hydrogen) atoms. The first-order valence-corrected chi connectivity index (χ1v) is 13.0. The predicted molar refractivity (Wildman–Crippen MR) is 135 cm³/mol. The Bertz CT molecular complexity index is 874. The van der Waals surface area contributed by atoms with E-state index in [9.17, 15) is 19.5 Å². The molecular formula is C25H39N3O5S. The molecule has 0 bridgehead atoms. The third-order valence-corrected chi connectivity index (χ3v) is 5.65. The molecule has 9 heteroatoms. The summed E-state index contributed by atoms with van der Waals surface area (Å²) in [6.07, 6.45) is 3.20. The Labute approximate surface area is 207 Å². The number of thioether (sulfide) groups is 1. The smallest absolute Gasteiger partial charge is 0.408 e. The molecule has 1 aliphatic rings. The fourth-order valence-corrected chi connectivity index (χ4v) is 4.04. The van der Waals surface area contributed by atoms with Crippen LogP contribution in [0.4, 0.5) is 4.79 Å². The molecule has 2 unspecified atom stereocenters. The van der Waals surface area contributed by atoms with Crippen LogP contribution < -0.4 is 10.6 Å². The van der Waals surface area contributed by atoms with E-state index in [2.05, 4.69) is 10.6 Å². The highest BCUT2D eigenvalue weighted by atomic mass is 32.2. The van der Waals surface area contributed by atoms with Crippen molar-refractivity contribution in [1.29, 1.82) is 0 Å². The molecule has 3 N–H and O–H groups in total. The van der Waals surface area contributed by atoms with Crippen LogP contribution >= 0.6 is 11.8 Å². The summed E-state index contributed by atoms with van der Waals surface area (Å²) >= 11 is 1.57. The van der Waals surface area contributed by atoms with E-state index in [1.807, 2.05) is 27.0 Å². The van der Waals surface area contributed by atoms with Crippen molar-refractivity contribution in [2.45, 2.75) is 90.1 Å². The predicted octanol–water partition coefficient (Wildman–Crippen LogP) is 3.99. The van der Waals surface area contributed by atoms with Crippen LogP contribution in [0.2, 0.25) is 0 Å². The molecule has 1 saturated carbocycles. The molecular weight excluding hydrogens is 454 g/mol. The number of carbonyl (C=O) groups excluding carboxylic acids is 3. The van der Waals surface area contributed by atoms with Crippen molar-refractivity contribution in [3.63, 3.8) is 0 Å². The molecule has 0 radical (unpaired) electrons. The lowest BCUT2D eigenvalue weighted by Gasteiger charge is -2.36. The quantitative estimate of drug-likeness (QED) is 0.480. The molecule has 1 aromatic rings. The second-order valence-corrected chi connectivity index (χ2v) is 11.7. The summed E-state index contributed by atoms with van der Waals surface area (Å²) in [5.41, 5.74) is -0.704. The van der Waals surface area contributed by atoms with Gasteiger partial charge in [-0.15, -0.1) is 0 Å². The second-order valence-electron chi connectivity index (χ2n) is 10.7. The first-order valence-electron chi connectivity index (χ1n) is 11.6. The van der Waals surface area contributed by atoms with E-state index in [-0.39, 0.29) is 23.6 Å². The summed E-state index contributed by atoms with van der Waals surface area (Å²) in [7, 11) is 0. The molecule has 190 valence electrons. The Morgan fingerprint density at radius 1 is 1.18 bits per heavy atom. The lowest BCUT2D eigenvalue weighted by molar-refractivity contribution is -0.143. The van der Waals surface area contributed by atoms with Gasteiger partial charge in [0.25, 0.3) is 0 Å². The Kier molecular flexibility index (Phi) is 9.28. The summed E-state index contributed by atoms with van der Waals surface area (Å²) in [5.74, 6) is -0.00510. The van der Waals surface area contributed by atoms with E-state index < -0.39 is 29.3 Å². The zero-order chi connectivity index (χ0) is 25.7. The van der Waals surface area contributed by atoms with Gasteiger partial charge in [0.05, 0.1) is 0 Å². The summed E-state index contributed by atoms with van der Waals surface area (Å²) in [4.78, 5) is 41.5. The van der Waals surface area contributed by atoms with E-state index in [0.717, 1.165) is 12.8 Å². The van der Waals surface area contributed by atoms with Crippen LogP contribution in [0.25, 0.3) is 0 Å². The molecule has 1 fully saturated rings. The van der Waals surface area contributed by atoms with Crippen LogP contribution in [0, 0.1) is 0 Å². The van der Waals surface area contributed by atoms with Gasteiger partial charge in [0.15, 0.2) is 0 Å². The van der Waals surface area contributed by atoms with Crippen molar-refractivity contribution >= 4 is 29.7 Å². The van der Waals surface area contributed by atoms with Gasteiger partial charge in [-0.25, -0.2) is 4.79 Å². The fraction of sp³-hybridized carbons (Fsp3) is 0.640. The Balaban J connectivity index is 2.43. The number of carbonyl (C=O) groups is 3. The molecule has 3 amide bonds. The molecule has 0 saturated heterocycles. The van der Waals surface area contributed by atoms with Crippen molar-refractivity contribution in [2.75, 3.05) is 12.0 Å². The van der Waals surface area contributed by atoms with Gasteiger partial charge in [0.1, 0.15) is 23.4 Å². The van der Waals surface area contributed by atoms with E-state index in [1.165, 1.54) is 12.1 Å². The van der Waals surface area contributed by atoms with Gasteiger partial charge in [-0.3, -0.25) is 9.59 Å². The van der Waals surface area contributed by atoms with Gasteiger partial charge in [0.2, 0.25) is 11.8 Å². The number of amides is 3. The van der Waals surface area contributed by atoms with E-state index in [1.54, 1.807) is 49.6 Å². The Hall–Kier alpha value is -2.42. The molecule has 0 aliphatic heterocycles. The van der Waals surface area contributed by atoms with E-state index >= 15 is 0 Å². The first-order chi connectivity index (χ1) is 15.7. The van der Waals surface area contributed by atoms with E-state index in [4.69, 9.17) is 4.74 Å². The number of ether oxygens (including phenoxy) is 1. The van der Waals surface area contributed by atoms with Gasteiger partial charge >= 0.3 is 6.09 Å². The number of nitrogens with zero attached hydrogens (tertiary/aromatic N) is 1. The number of phenols is 1. The molecule has 1 aliphatic carbocycles. The average Bonchev–Trinajstić information content (AvgIpc) is 3.50. The Morgan fingerprint density at radius 3 is 2.32 bits per heavy atom. The van der Waals surface area contributed by atoms with E-state index in [0.29, 0.717) is 17.7 Å². The summed E-state index contributed by atoms with van der Waals surface area (Å²) in [6, 6.07) is 4.51. The molecule has 0 aromatic heterocycles. The number of nitrogens with one attached hydrogen (secondary N) is 2. The standard InChI is InChI=1S/C25H39N3O5S/c1-24(2,3)27-21(30)20(16-9-8-10-18(29)15-16)28(17-11-12-17)22(31)19(13-14-34-7)26-23(32)33-25(4,5)6/h8-10,15,17,19-20,29H,11-14H2,1-7H3,(H,26,32)(H,27,30). The van der Waals surface area contributed by atoms with Gasteiger partial charge in [-0.05, 0) is 90.5 Å². The maximum absolute atomic E-state index is 13.9. The third kappa shape index (κ3) is 8.74. The maximum Gasteiger partial charge on any atom is 0.408 e. The minimum Gasteiger partial charge on any atom is -0.508 e. The monoisotopic (exact) mass is 493 g/mol. The normalized spacial score (nSPS) is 15.7. The highest BCUT2D eigenvalue weighted by molar-refractivity contribution is 7.98. The van der Waals surface area contributed by atoms with Crippen LogP contribution in [0.5, 0.6) is 5.75 Å². The van der Waals surface area contributed by atoms with Crippen LogP contribution in [0.3, 0.4) is 0 Å². The number of rotatable bonds is 9. The molecule has 2 atom stereocenters. The minimum absolute atomic E-state index is 0.0140. The van der Waals surface area contributed by atoms with Crippen LogP contribution in [-0.2, 0) is 14.3 Å². The van der Waals surface area contributed by atoms with Crippen LogP contribution in [-0.4, -0.2) is 63.1 Å². The van der Waals surface area contributed by atoms with Gasteiger partial charge in [-0.1, -0.05) is 12.1 Å². The topological polar surface area (TPSA) is 108 Å². The van der Waals surface area contributed by atoms with Gasteiger partial charge < -0.3 is 25.4 Å². The van der Waals surface area contributed by atoms with Crippen LogP contribution in [0.15, 0.2) is 24.3 Å². The Morgan fingerprint density at radius 2 is 1.82 bits per heavy atom.